The van der Waals surface area contributed by atoms with Crippen LogP contribution in [0, 0.1) is 17.1 Å². The summed E-state index contributed by atoms with van der Waals surface area (Å²) in [5.41, 5.74) is 1.99. The highest BCUT2D eigenvalue weighted by atomic mass is 35.5. The summed E-state index contributed by atoms with van der Waals surface area (Å²) in [5, 5.41) is 12.9. The third-order valence-corrected chi connectivity index (χ3v) is 3.34. The summed E-state index contributed by atoms with van der Waals surface area (Å²) in [6.07, 6.45) is 1.66. The summed E-state index contributed by atoms with van der Waals surface area (Å²) >= 11 is 6.18. The third kappa shape index (κ3) is 3.44. The van der Waals surface area contributed by atoms with Gasteiger partial charge in [-0.2, -0.15) is 10.2 Å². The first kappa shape index (κ1) is 14.9. The lowest BCUT2D eigenvalue weighted by atomic mass is 10.1. The molecule has 4 nitrogen and oxygen atoms in total. The highest BCUT2D eigenvalue weighted by molar-refractivity contribution is 6.50. The molecule has 1 aromatic heterocycles. The van der Waals surface area contributed by atoms with Gasteiger partial charge >= 0.3 is 0 Å². The number of hydrogen-bond donors (Lipinski definition) is 0. The minimum atomic E-state index is -0.337. The van der Waals surface area contributed by atoms with Crippen molar-refractivity contribution < 1.29 is 8.91 Å². The monoisotopic (exact) mass is 325 g/mol. The number of halogens is 2. The molecule has 0 aliphatic carbocycles. The normalized spacial score (nSPS) is 11.3. The van der Waals surface area contributed by atoms with Gasteiger partial charge in [0.2, 0.25) is 5.82 Å². The molecule has 0 N–H and O–H groups in total. The molecule has 0 bridgehead atoms. The largest absolute Gasteiger partial charge is 0.333 e. The molecular formula is C17H9ClFN3O. The molecule has 2 aromatic carbocycles. The van der Waals surface area contributed by atoms with Gasteiger partial charge in [-0.15, -0.1) is 0 Å². The van der Waals surface area contributed by atoms with Crippen LogP contribution in [0.1, 0.15) is 17.0 Å². The Morgan fingerprint density at radius 3 is 2.48 bits per heavy atom. The van der Waals surface area contributed by atoms with E-state index in [1.807, 2.05) is 6.07 Å². The number of hydrogen-bond acceptors (Lipinski definition) is 4. The molecule has 0 amide bonds. The van der Waals surface area contributed by atoms with Crippen molar-refractivity contribution in [3.63, 3.8) is 0 Å². The van der Waals surface area contributed by atoms with Crippen LogP contribution in [0.15, 0.2) is 53.1 Å². The second kappa shape index (κ2) is 6.42. The van der Waals surface area contributed by atoms with Crippen LogP contribution >= 0.6 is 11.6 Å². The van der Waals surface area contributed by atoms with Crippen molar-refractivity contribution in [1.82, 2.24) is 10.1 Å². The fraction of sp³-hybridized carbons (Fsp3) is 0. The van der Waals surface area contributed by atoms with Gasteiger partial charge in [0.05, 0.1) is 11.6 Å². The predicted molar refractivity (Wildman–Crippen MR) is 84.6 cm³/mol. The van der Waals surface area contributed by atoms with Crippen LogP contribution in [0.5, 0.6) is 0 Å². The molecule has 0 atom stereocenters. The van der Waals surface area contributed by atoms with Crippen LogP contribution < -0.4 is 0 Å². The highest BCUT2D eigenvalue weighted by Gasteiger charge is 2.11. The van der Waals surface area contributed by atoms with Crippen LogP contribution in [-0.4, -0.2) is 10.1 Å². The first-order valence-electron chi connectivity index (χ1n) is 6.63. The second-order valence-corrected chi connectivity index (χ2v) is 5.06. The molecular weight excluding hydrogens is 317 g/mol. The van der Waals surface area contributed by atoms with Gasteiger partial charge in [0.25, 0.3) is 5.89 Å². The Bertz CT molecular complexity index is 893. The Balaban J connectivity index is 1.85. The standard InChI is InChI=1S/C17H9ClFN3O/c18-15(9-11-1-3-12(10-20)4-2-11)17-21-16(22-23-17)13-5-7-14(19)8-6-13/h1-9H/b15-9-. The Labute approximate surface area is 136 Å². The van der Waals surface area contributed by atoms with Gasteiger partial charge in [-0.1, -0.05) is 28.9 Å². The zero-order valence-electron chi connectivity index (χ0n) is 11.7. The van der Waals surface area contributed by atoms with Crippen molar-refractivity contribution >= 4 is 22.7 Å². The highest BCUT2D eigenvalue weighted by Crippen LogP contribution is 2.24. The van der Waals surface area contributed by atoms with Gasteiger partial charge in [-0.25, -0.2) is 4.39 Å². The molecule has 3 aromatic rings. The molecule has 1 heterocycles. The number of nitriles is 1. The van der Waals surface area contributed by atoms with E-state index in [-0.39, 0.29) is 16.7 Å². The zero-order valence-corrected chi connectivity index (χ0v) is 12.5. The van der Waals surface area contributed by atoms with E-state index in [0.29, 0.717) is 17.0 Å². The van der Waals surface area contributed by atoms with E-state index >= 15 is 0 Å². The molecule has 112 valence electrons. The van der Waals surface area contributed by atoms with Gasteiger partial charge in [0, 0.05) is 5.56 Å². The molecule has 6 heteroatoms. The van der Waals surface area contributed by atoms with E-state index < -0.39 is 0 Å². The van der Waals surface area contributed by atoms with E-state index in [2.05, 4.69) is 10.1 Å². The fourth-order valence-corrected chi connectivity index (χ4v) is 2.10. The van der Waals surface area contributed by atoms with E-state index in [9.17, 15) is 4.39 Å². The summed E-state index contributed by atoms with van der Waals surface area (Å²) in [6, 6.07) is 14.7. The lowest BCUT2D eigenvalue weighted by Crippen LogP contribution is -1.82. The maximum absolute atomic E-state index is 12.9. The van der Waals surface area contributed by atoms with Crippen LogP contribution in [0.3, 0.4) is 0 Å². The predicted octanol–water partition coefficient (Wildman–Crippen LogP) is 4.48. The number of benzene rings is 2. The van der Waals surface area contributed by atoms with E-state index in [1.165, 1.54) is 12.1 Å². The molecule has 0 saturated heterocycles. The molecule has 0 aliphatic heterocycles. The minimum Gasteiger partial charge on any atom is -0.333 e. The maximum Gasteiger partial charge on any atom is 0.269 e. The van der Waals surface area contributed by atoms with Crippen molar-refractivity contribution in [1.29, 1.82) is 5.26 Å². The lowest BCUT2D eigenvalue weighted by molar-refractivity contribution is 0.410. The lowest BCUT2D eigenvalue weighted by Gasteiger charge is -1.95. The maximum atomic E-state index is 12.9. The Hall–Kier alpha value is -2.97. The fourth-order valence-electron chi connectivity index (χ4n) is 1.90. The quantitative estimate of drug-likeness (QED) is 0.712. The molecule has 0 unspecified atom stereocenters. The van der Waals surface area contributed by atoms with Crippen LogP contribution in [-0.2, 0) is 0 Å². The topological polar surface area (TPSA) is 62.7 Å². The van der Waals surface area contributed by atoms with Crippen molar-refractivity contribution in [2.75, 3.05) is 0 Å². The Kier molecular flexibility index (Phi) is 4.18. The second-order valence-electron chi connectivity index (χ2n) is 4.66. The zero-order chi connectivity index (χ0) is 16.2. The molecule has 23 heavy (non-hydrogen) atoms. The number of nitrogens with zero attached hydrogens (tertiary/aromatic N) is 3. The van der Waals surface area contributed by atoms with Crippen LogP contribution in [0.2, 0.25) is 0 Å². The summed E-state index contributed by atoms with van der Waals surface area (Å²) in [6.45, 7) is 0. The first-order valence-corrected chi connectivity index (χ1v) is 7.01. The molecule has 0 aliphatic rings. The average Bonchev–Trinajstić information content (AvgIpc) is 3.06. The molecule has 0 saturated carbocycles. The Morgan fingerprint density at radius 1 is 1.13 bits per heavy atom. The van der Waals surface area contributed by atoms with Gasteiger partial charge in [0.15, 0.2) is 0 Å². The average molecular weight is 326 g/mol. The van der Waals surface area contributed by atoms with Crippen molar-refractivity contribution in [2.45, 2.75) is 0 Å². The molecule has 0 radical (unpaired) electrons. The van der Waals surface area contributed by atoms with Gasteiger partial charge < -0.3 is 4.52 Å². The van der Waals surface area contributed by atoms with Gasteiger partial charge in [-0.3, -0.25) is 0 Å². The van der Waals surface area contributed by atoms with E-state index in [4.69, 9.17) is 21.4 Å². The SMILES string of the molecule is N#Cc1ccc(/C=C(\Cl)c2nc(-c3ccc(F)cc3)no2)cc1. The van der Waals surface area contributed by atoms with E-state index in [0.717, 1.165) is 5.56 Å². The van der Waals surface area contributed by atoms with Crippen LogP contribution in [0.4, 0.5) is 4.39 Å². The molecule has 0 fully saturated rings. The molecule has 3 rings (SSSR count). The van der Waals surface area contributed by atoms with Crippen LogP contribution in [0.25, 0.3) is 22.5 Å². The van der Waals surface area contributed by atoms with Crippen molar-refractivity contribution in [2.24, 2.45) is 0 Å². The van der Waals surface area contributed by atoms with Gasteiger partial charge in [-0.05, 0) is 48.0 Å². The third-order valence-electron chi connectivity index (χ3n) is 3.07. The van der Waals surface area contributed by atoms with Crippen molar-refractivity contribution in [3.05, 3.63) is 71.4 Å². The number of rotatable bonds is 3. The first-order chi connectivity index (χ1) is 11.2. The van der Waals surface area contributed by atoms with Gasteiger partial charge in [0.1, 0.15) is 10.8 Å². The summed E-state index contributed by atoms with van der Waals surface area (Å²) in [4.78, 5) is 4.19. The summed E-state index contributed by atoms with van der Waals surface area (Å²) in [5.74, 6) is 0.151. The smallest absolute Gasteiger partial charge is 0.269 e. The summed E-state index contributed by atoms with van der Waals surface area (Å²) in [7, 11) is 0. The summed E-state index contributed by atoms with van der Waals surface area (Å²) < 4.78 is 18.0. The van der Waals surface area contributed by atoms with E-state index in [1.54, 1.807) is 42.5 Å². The number of aromatic nitrogens is 2. The minimum absolute atomic E-state index is 0.162. The molecule has 0 spiro atoms. The van der Waals surface area contributed by atoms with Crippen molar-refractivity contribution in [3.8, 4) is 17.5 Å². The Morgan fingerprint density at radius 2 is 1.83 bits per heavy atom.